The fourth-order valence-corrected chi connectivity index (χ4v) is 4.76. The number of hydrogen-bond donors (Lipinski definition) is 2. The van der Waals surface area contributed by atoms with Crippen LogP contribution in [-0.4, -0.2) is 51.8 Å². The molecule has 0 aliphatic carbocycles. The van der Waals surface area contributed by atoms with Crippen molar-refractivity contribution in [2.24, 2.45) is 0 Å². The molecule has 1 saturated heterocycles. The Balaban J connectivity index is 1.44. The molecule has 2 aromatic rings. The number of rotatable bonds is 9. The van der Waals surface area contributed by atoms with Gasteiger partial charge in [0, 0.05) is 43.2 Å². The molecule has 6 nitrogen and oxygen atoms in total. The molecule has 27 heavy (non-hydrogen) atoms. The number of carbonyl (C=O) groups is 2. The fourth-order valence-electron chi connectivity index (χ4n) is 2.95. The number of aromatic nitrogens is 1. The summed E-state index contributed by atoms with van der Waals surface area (Å²) in [5.41, 5.74) is 1.06. The van der Waals surface area contributed by atoms with Crippen LogP contribution in [0.25, 0.3) is 0 Å². The van der Waals surface area contributed by atoms with Gasteiger partial charge in [-0.1, -0.05) is 23.9 Å². The second-order valence-corrected chi connectivity index (χ2v) is 8.39. The number of carboxylic acids is 1. The summed E-state index contributed by atoms with van der Waals surface area (Å²) in [4.78, 5) is 28.9. The van der Waals surface area contributed by atoms with Crippen molar-refractivity contribution >= 4 is 35.0 Å². The Hall–Kier alpha value is -1.97. The Bertz CT molecular complexity index is 797. The summed E-state index contributed by atoms with van der Waals surface area (Å²) < 4.78 is 13.6. The van der Waals surface area contributed by atoms with Gasteiger partial charge in [-0.2, -0.15) is 0 Å². The van der Waals surface area contributed by atoms with Crippen molar-refractivity contribution in [3.05, 3.63) is 46.7 Å². The molecule has 0 bridgehead atoms. The van der Waals surface area contributed by atoms with E-state index in [2.05, 4.69) is 10.3 Å². The molecular weight excluding hydrogens is 389 g/mol. The van der Waals surface area contributed by atoms with Gasteiger partial charge in [0.1, 0.15) is 5.82 Å². The van der Waals surface area contributed by atoms with E-state index in [4.69, 9.17) is 5.11 Å². The number of benzene rings is 1. The number of halogens is 1. The third-order valence-corrected chi connectivity index (χ3v) is 6.34. The number of carboxylic acid groups (broad SMARTS) is 1. The molecular formula is C18H20FN3O3S2. The third-order valence-electron chi connectivity index (χ3n) is 4.33. The second kappa shape index (κ2) is 9.29. The van der Waals surface area contributed by atoms with E-state index < -0.39 is 5.97 Å². The maximum absolute atomic E-state index is 12.9. The normalized spacial score (nSPS) is 16.9. The number of thiazole rings is 1. The zero-order valence-corrected chi connectivity index (χ0v) is 16.2. The van der Waals surface area contributed by atoms with Gasteiger partial charge in [0.15, 0.2) is 10.0 Å². The van der Waals surface area contributed by atoms with E-state index in [1.807, 2.05) is 4.90 Å². The monoisotopic (exact) mass is 409 g/mol. The number of likely N-dealkylation sites (tertiary alicyclic amines) is 1. The van der Waals surface area contributed by atoms with E-state index in [1.54, 1.807) is 12.1 Å². The molecule has 1 unspecified atom stereocenters. The van der Waals surface area contributed by atoms with Gasteiger partial charge >= 0.3 is 5.97 Å². The van der Waals surface area contributed by atoms with Gasteiger partial charge in [-0.15, -0.1) is 11.3 Å². The lowest BCUT2D eigenvalue weighted by Crippen LogP contribution is -2.41. The standard InChI is InChI=1S/C18H20FN3O3S2/c19-13-3-1-12(2-4-13)9-20-10-14-5-6-16(23)22(14)7-8-26-18-21-15(11-27-18)17(24)25/h1-4,11,14,20H,5-10H2,(H,24,25). The van der Waals surface area contributed by atoms with E-state index >= 15 is 0 Å². The topological polar surface area (TPSA) is 82.5 Å². The number of nitrogens with one attached hydrogen (secondary N) is 1. The maximum Gasteiger partial charge on any atom is 0.355 e. The predicted octanol–water partition coefficient (Wildman–Crippen LogP) is 2.85. The maximum atomic E-state index is 12.9. The summed E-state index contributed by atoms with van der Waals surface area (Å²) in [6.45, 7) is 1.92. The smallest absolute Gasteiger partial charge is 0.355 e. The number of carbonyl (C=O) groups excluding carboxylic acids is 1. The molecule has 1 atom stereocenters. The average molecular weight is 410 g/mol. The minimum absolute atomic E-state index is 0.0580. The molecule has 1 aromatic heterocycles. The molecule has 144 valence electrons. The van der Waals surface area contributed by atoms with Crippen LogP contribution in [0.4, 0.5) is 4.39 Å². The van der Waals surface area contributed by atoms with Crippen LogP contribution in [0.5, 0.6) is 0 Å². The molecule has 0 radical (unpaired) electrons. The minimum Gasteiger partial charge on any atom is -0.476 e. The summed E-state index contributed by atoms with van der Waals surface area (Å²) in [6, 6.07) is 6.51. The highest BCUT2D eigenvalue weighted by Gasteiger charge is 2.30. The Kier molecular flexibility index (Phi) is 6.81. The van der Waals surface area contributed by atoms with Gasteiger partial charge in [0.05, 0.1) is 0 Å². The number of aromatic carboxylic acids is 1. The summed E-state index contributed by atoms with van der Waals surface area (Å²) in [5.74, 6) is -0.457. The van der Waals surface area contributed by atoms with E-state index in [0.717, 1.165) is 12.0 Å². The Morgan fingerprint density at radius 3 is 2.89 bits per heavy atom. The molecule has 1 aliphatic heterocycles. The molecule has 0 saturated carbocycles. The van der Waals surface area contributed by atoms with Crippen molar-refractivity contribution in [1.82, 2.24) is 15.2 Å². The Morgan fingerprint density at radius 2 is 2.19 bits per heavy atom. The van der Waals surface area contributed by atoms with Gasteiger partial charge in [0.25, 0.3) is 0 Å². The van der Waals surface area contributed by atoms with Crippen LogP contribution in [-0.2, 0) is 11.3 Å². The summed E-state index contributed by atoms with van der Waals surface area (Å²) >= 11 is 2.77. The first-order valence-electron chi connectivity index (χ1n) is 8.59. The van der Waals surface area contributed by atoms with Crippen molar-refractivity contribution in [2.45, 2.75) is 29.8 Å². The van der Waals surface area contributed by atoms with Crippen LogP contribution in [0.3, 0.4) is 0 Å². The van der Waals surface area contributed by atoms with Crippen LogP contribution >= 0.6 is 23.1 Å². The van der Waals surface area contributed by atoms with Crippen LogP contribution in [0.15, 0.2) is 34.0 Å². The highest BCUT2D eigenvalue weighted by Crippen LogP contribution is 2.24. The Morgan fingerprint density at radius 1 is 1.41 bits per heavy atom. The van der Waals surface area contributed by atoms with Crippen molar-refractivity contribution in [2.75, 3.05) is 18.8 Å². The largest absolute Gasteiger partial charge is 0.476 e. The van der Waals surface area contributed by atoms with Crippen LogP contribution in [0, 0.1) is 5.82 Å². The number of thioether (sulfide) groups is 1. The fraction of sp³-hybridized carbons (Fsp3) is 0.389. The lowest BCUT2D eigenvalue weighted by atomic mass is 10.2. The molecule has 1 amide bonds. The molecule has 1 aliphatic rings. The van der Waals surface area contributed by atoms with Gasteiger partial charge < -0.3 is 15.3 Å². The van der Waals surface area contributed by atoms with Gasteiger partial charge in [-0.05, 0) is 24.1 Å². The van der Waals surface area contributed by atoms with Gasteiger partial charge in [0.2, 0.25) is 5.91 Å². The summed E-state index contributed by atoms with van der Waals surface area (Å²) in [5, 5.41) is 13.8. The molecule has 0 spiro atoms. The van der Waals surface area contributed by atoms with E-state index in [-0.39, 0.29) is 23.5 Å². The lowest BCUT2D eigenvalue weighted by Gasteiger charge is -2.25. The molecule has 1 aromatic carbocycles. The third kappa shape index (κ3) is 5.50. The quantitative estimate of drug-likeness (QED) is 0.620. The van der Waals surface area contributed by atoms with E-state index in [0.29, 0.717) is 36.1 Å². The van der Waals surface area contributed by atoms with E-state index in [9.17, 15) is 14.0 Å². The van der Waals surface area contributed by atoms with Crippen LogP contribution in [0.2, 0.25) is 0 Å². The van der Waals surface area contributed by atoms with Gasteiger partial charge in [-0.3, -0.25) is 4.79 Å². The molecule has 3 rings (SSSR count). The molecule has 2 heterocycles. The lowest BCUT2D eigenvalue weighted by molar-refractivity contribution is -0.128. The average Bonchev–Trinajstić information content (AvgIpc) is 3.25. The zero-order chi connectivity index (χ0) is 19.2. The highest BCUT2D eigenvalue weighted by molar-refractivity contribution is 8.01. The van der Waals surface area contributed by atoms with Gasteiger partial charge in [-0.25, -0.2) is 14.2 Å². The number of nitrogens with zero attached hydrogens (tertiary/aromatic N) is 2. The first kappa shape index (κ1) is 19.8. The Labute approximate surface area is 164 Å². The predicted molar refractivity (Wildman–Crippen MR) is 103 cm³/mol. The van der Waals surface area contributed by atoms with Crippen LogP contribution < -0.4 is 5.32 Å². The molecule has 1 fully saturated rings. The van der Waals surface area contributed by atoms with Crippen molar-refractivity contribution in [3.63, 3.8) is 0 Å². The van der Waals surface area contributed by atoms with Crippen molar-refractivity contribution in [3.8, 4) is 0 Å². The van der Waals surface area contributed by atoms with Crippen molar-refractivity contribution in [1.29, 1.82) is 0 Å². The molecule has 2 N–H and O–H groups in total. The molecule has 9 heteroatoms. The summed E-state index contributed by atoms with van der Waals surface area (Å²) in [6.07, 6.45) is 1.37. The number of amides is 1. The second-order valence-electron chi connectivity index (χ2n) is 6.19. The van der Waals surface area contributed by atoms with Crippen LogP contribution in [0.1, 0.15) is 28.9 Å². The zero-order valence-electron chi connectivity index (χ0n) is 14.6. The van der Waals surface area contributed by atoms with Crippen molar-refractivity contribution < 1.29 is 19.1 Å². The SMILES string of the molecule is O=C(O)c1csc(SCCN2C(=O)CCC2CNCc2ccc(F)cc2)n1. The van der Waals surface area contributed by atoms with E-state index in [1.165, 1.54) is 40.6 Å². The number of hydrogen-bond acceptors (Lipinski definition) is 6. The highest BCUT2D eigenvalue weighted by atomic mass is 32.2. The first-order chi connectivity index (χ1) is 13.0. The first-order valence-corrected chi connectivity index (χ1v) is 10.5. The minimum atomic E-state index is -1.03. The summed E-state index contributed by atoms with van der Waals surface area (Å²) in [7, 11) is 0.